The molecule has 0 unspecified atom stereocenters. The molecule has 3 aromatic rings. The molecule has 3 heterocycles. The Morgan fingerprint density at radius 3 is 2.59 bits per heavy atom. The molecular weight excluding hydrogens is 501 g/mol. The normalized spacial score (nSPS) is 19.5. The fraction of sp³-hybridized carbons (Fsp3) is 0.448. The van der Waals surface area contributed by atoms with E-state index in [9.17, 15) is 18.8 Å². The van der Waals surface area contributed by atoms with E-state index in [1.807, 2.05) is 35.2 Å². The number of para-hydroxylation sites is 1. The average molecular weight is 536 g/mol. The Hall–Kier alpha value is -3.79. The number of benzene rings is 2. The van der Waals surface area contributed by atoms with Crippen LogP contribution in [0.15, 0.2) is 48.5 Å². The highest BCUT2D eigenvalue weighted by atomic mass is 19.1. The summed E-state index contributed by atoms with van der Waals surface area (Å²) in [6.45, 7) is 3.29. The van der Waals surface area contributed by atoms with Crippen LogP contribution in [-0.2, 0) is 19.1 Å². The molecule has 3 N–H and O–H groups in total. The maximum absolute atomic E-state index is 14.2. The van der Waals surface area contributed by atoms with Crippen LogP contribution in [0.3, 0.4) is 0 Å². The summed E-state index contributed by atoms with van der Waals surface area (Å²) in [7, 11) is 0. The van der Waals surface area contributed by atoms with E-state index in [-0.39, 0.29) is 35.7 Å². The minimum Gasteiger partial charge on any atom is -0.381 e. The Balaban J connectivity index is 1.32. The molecule has 39 heavy (non-hydrogen) atoms. The first-order valence-corrected chi connectivity index (χ1v) is 13.6. The summed E-state index contributed by atoms with van der Waals surface area (Å²) in [6, 6.07) is 12.7. The Labute approximate surface area is 226 Å². The summed E-state index contributed by atoms with van der Waals surface area (Å²) in [5.41, 5.74) is 1.77. The number of likely N-dealkylation sites (tertiary alicyclic amines) is 1. The van der Waals surface area contributed by atoms with Gasteiger partial charge in [-0.25, -0.2) is 9.37 Å². The minimum atomic E-state index is -1.06. The molecule has 2 aromatic carbocycles. The second-order valence-electron chi connectivity index (χ2n) is 10.3. The smallest absolute Gasteiger partial charge is 0.243 e. The number of imidazole rings is 1. The molecule has 2 fully saturated rings. The lowest BCUT2D eigenvalue weighted by Gasteiger charge is -2.29. The molecular formula is C29H34FN5O4. The van der Waals surface area contributed by atoms with Crippen LogP contribution in [0.4, 0.5) is 4.39 Å². The van der Waals surface area contributed by atoms with Crippen LogP contribution in [0.2, 0.25) is 0 Å². The van der Waals surface area contributed by atoms with Gasteiger partial charge in [0.1, 0.15) is 17.4 Å². The molecule has 2 aliphatic rings. The number of aromatic amines is 1. The fourth-order valence-electron chi connectivity index (χ4n) is 5.44. The van der Waals surface area contributed by atoms with Crippen LogP contribution in [0.25, 0.3) is 11.0 Å². The molecule has 1 aromatic heterocycles. The summed E-state index contributed by atoms with van der Waals surface area (Å²) >= 11 is 0. The summed E-state index contributed by atoms with van der Waals surface area (Å²) in [4.78, 5) is 49.3. The van der Waals surface area contributed by atoms with E-state index in [0.717, 1.165) is 18.4 Å². The van der Waals surface area contributed by atoms with Crippen molar-refractivity contribution in [2.24, 2.45) is 5.92 Å². The molecule has 0 aliphatic carbocycles. The first-order chi connectivity index (χ1) is 18.9. The van der Waals surface area contributed by atoms with Crippen LogP contribution in [-0.4, -0.2) is 58.4 Å². The number of nitrogens with one attached hydrogen (secondary N) is 3. The summed E-state index contributed by atoms with van der Waals surface area (Å²) in [6.07, 6.45) is 2.69. The number of amides is 3. The molecule has 10 heteroatoms. The molecule has 2 saturated heterocycles. The number of nitrogens with zero attached hydrogens (tertiary/aromatic N) is 2. The number of aromatic nitrogens is 2. The van der Waals surface area contributed by atoms with E-state index < -0.39 is 23.8 Å². The van der Waals surface area contributed by atoms with Crippen LogP contribution in [0, 0.1) is 11.7 Å². The van der Waals surface area contributed by atoms with E-state index in [4.69, 9.17) is 4.74 Å². The van der Waals surface area contributed by atoms with Crippen LogP contribution >= 0.6 is 0 Å². The summed E-state index contributed by atoms with van der Waals surface area (Å²) in [5.74, 6) is -1.29. The lowest BCUT2D eigenvalue weighted by atomic mass is 9.98. The highest BCUT2D eigenvalue weighted by molar-refractivity contribution is 5.93. The van der Waals surface area contributed by atoms with E-state index in [2.05, 4.69) is 20.6 Å². The molecule has 206 valence electrons. The number of rotatable bonds is 8. The number of fused-ring (bicyclic) bond motifs is 1. The Kier molecular flexibility index (Phi) is 8.21. The Bertz CT molecular complexity index is 1320. The molecule has 0 radical (unpaired) electrons. The quantitative estimate of drug-likeness (QED) is 0.408. The maximum atomic E-state index is 14.2. The van der Waals surface area contributed by atoms with Crippen molar-refractivity contribution < 1.29 is 23.5 Å². The van der Waals surface area contributed by atoms with Crippen molar-refractivity contribution in [1.82, 2.24) is 25.5 Å². The first kappa shape index (κ1) is 26.8. The molecule has 0 saturated carbocycles. The minimum absolute atomic E-state index is 0.0574. The van der Waals surface area contributed by atoms with Gasteiger partial charge in [0.05, 0.1) is 24.0 Å². The molecule has 5 rings (SSSR count). The molecule has 3 amide bonds. The molecule has 0 spiro atoms. The summed E-state index contributed by atoms with van der Waals surface area (Å²) in [5, 5.41) is 5.70. The van der Waals surface area contributed by atoms with Gasteiger partial charge in [0.15, 0.2) is 5.82 Å². The third-order valence-electron chi connectivity index (χ3n) is 7.61. The van der Waals surface area contributed by atoms with Gasteiger partial charge in [0.25, 0.3) is 0 Å². The van der Waals surface area contributed by atoms with Crippen LogP contribution < -0.4 is 10.6 Å². The number of hydrogen-bond donors (Lipinski definition) is 3. The predicted octanol–water partition coefficient (Wildman–Crippen LogP) is 3.54. The van der Waals surface area contributed by atoms with Gasteiger partial charge in [0, 0.05) is 25.7 Å². The zero-order valence-corrected chi connectivity index (χ0v) is 22.0. The maximum Gasteiger partial charge on any atom is 0.243 e. The van der Waals surface area contributed by atoms with Gasteiger partial charge in [-0.1, -0.05) is 36.4 Å². The number of hydrogen-bond acceptors (Lipinski definition) is 5. The number of halogens is 1. The molecule has 3 atom stereocenters. The Morgan fingerprint density at radius 1 is 1.08 bits per heavy atom. The van der Waals surface area contributed by atoms with Gasteiger partial charge in [-0.3, -0.25) is 14.4 Å². The van der Waals surface area contributed by atoms with Crippen molar-refractivity contribution in [3.8, 4) is 0 Å². The highest BCUT2D eigenvalue weighted by Gasteiger charge is 2.35. The third kappa shape index (κ3) is 6.11. The van der Waals surface area contributed by atoms with Gasteiger partial charge in [-0.2, -0.15) is 0 Å². The van der Waals surface area contributed by atoms with Crippen LogP contribution in [0.5, 0.6) is 0 Å². The largest absolute Gasteiger partial charge is 0.381 e. The zero-order valence-electron chi connectivity index (χ0n) is 22.0. The lowest BCUT2D eigenvalue weighted by molar-refractivity contribution is -0.138. The van der Waals surface area contributed by atoms with Gasteiger partial charge in [0.2, 0.25) is 17.7 Å². The number of ether oxygens (including phenoxy) is 1. The zero-order chi connectivity index (χ0) is 27.4. The van der Waals surface area contributed by atoms with Crippen molar-refractivity contribution in [2.45, 2.75) is 57.2 Å². The number of carbonyl (C=O) groups excluding carboxylic acids is 3. The van der Waals surface area contributed by atoms with Crippen molar-refractivity contribution in [3.05, 3.63) is 65.7 Å². The third-order valence-corrected chi connectivity index (χ3v) is 7.61. The summed E-state index contributed by atoms with van der Waals surface area (Å²) < 4.78 is 19.5. The van der Waals surface area contributed by atoms with Gasteiger partial charge in [-0.15, -0.1) is 0 Å². The van der Waals surface area contributed by atoms with Gasteiger partial charge in [-0.05, 0) is 50.3 Å². The molecule has 2 aliphatic heterocycles. The predicted molar refractivity (Wildman–Crippen MR) is 143 cm³/mol. The van der Waals surface area contributed by atoms with Crippen molar-refractivity contribution in [2.75, 3.05) is 19.8 Å². The van der Waals surface area contributed by atoms with E-state index in [0.29, 0.717) is 43.9 Å². The molecule has 0 bridgehead atoms. The second-order valence-corrected chi connectivity index (χ2v) is 10.3. The standard InChI is InChI=1S/C29H34FN5O4/c1-18(27-32-22-10-5-9-21(30)26(22)34-27)31-29(38)23(33-28(37)20-12-15-39-16-13-20)17-25(36)35-14-6-11-24(35)19-7-3-2-4-8-19/h2-5,7-10,18,20,23-24H,6,11-17H2,1H3,(H,31,38)(H,32,34)(H,33,37)/t18-,23-,24-/m0/s1. The second kappa shape index (κ2) is 11.9. The van der Waals surface area contributed by atoms with Crippen molar-refractivity contribution in [1.29, 1.82) is 0 Å². The fourth-order valence-corrected chi connectivity index (χ4v) is 5.44. The number of carbonyl (C=O) groups is 3. The van der Waals surface area contributed by atoms with Crippen molar-refractivity contribution in [3.63, 3.8) is 0 Å². The monoisotopic (exact) mass is 535 g/mol. The average Bonchev–Trinajstić information content (AvgIpc) is 3.62. The highest BCUT2D eigenvalue weighted by Crippen LogP contribution is 2.32. The van der Waals surface area contributed by atoms with Gasteiger partial charge >= 0.3 is 0 Å². The number of H-pyrrole nitrogens is 1. The van der Waals surface area contributed by atoms with Crippen LogP contribution in [0.1, 0.15) is 62.5 Å². The lowest BCUT2D eigenvalue weighted by Crippen LogP contribution is -2.51. The SMILES string of the molecule is C[C@H](NC(=O)[C@H](CC(=O)N1CCC[C@H]1c1ccccc1)NC(=O)C1CCOCC1)c1nc2c(F)cccc2[nH]1. The van der Waals surface area contributed by atoms with E-state index >= 15 is 0 Å². The Morgan fingerprint density at radius 2 is 1.85 bits per heavy atom. The van der Waals surface area contributed by atoms with Crippen molar-refractivity contribution >= 4 is 28.8 Å². The van der Waals surface area contributed by atoms with Gasteiger partial charge < -0.3 is 25.3 Å². The first-order valence-electron chi connectivity index (χ1n) is 13.6. The van der Waals surface area contributed by atoms with E-state index in [1.165, 1.54) is 6.07 Å². The van der Waals surface area contributed by atoms with E-state index in [1.54, 1.807) is 19.1 Å². The topological polar surface area (TPSA) is 116 Å². The molecule has 9 nitrogen and oxygen atoms in total.